The Morgan fingerprint density at radius 3 is 2.57 bits per heavy atom. The third-order valence-electron chi connectivity index (χ3n) is 0.350. The molecule has 0 fully saturated rings. The fraction of sp³-hybridized carbons (Fsp3) is 0.250. The average Bonchev–Trinajstić information content (AvgIpc) is 1.61. The normalized spacial score (nSPS) is 9.43. The lowest BCUT2D eigenvalue weighted by molar-refractivity contribution is 1.30. The minimum atomic E-state index is 0.719. The fourth-order valence-electron chi connectivity index (χ4n) is 0.149. The van der Waals surface area contributed by atoms with Crippen LogP contribution in [-0.4, -0.2) is 4.99 Å². The van der Waals surface area contributed by atoms with Crippen LogP contribution in [0.15, 0.2) is 11.7 Å². The monoisotopic (exact) mass is 135 g/mol. The number of halogens is 1. The predicted octanol–water partition coefficient (Wildman–Crippen LogP) is 1.63. The molecule has 0 aromatic carbocycles. The van der Waals surface area contributed by atoms with Gasteiger partial charge in [-0.3, -0.25) is 0 Å². The second-order valence-corrected chi connectivity index (χ2v) is 1.86. The van der Waals surface area contributed by atoms with Crippen molar-refractivity contribution >= 4 is 28.8 Å². The Labute approximate surface area is 53.4 Å². The van der Waals surface area contributed by atoms with E-state index in [0.717, 1.165) is 4.99 Å². The van der Waals surface area contributed by atoms with Gasteiger partial charge in [-0.2, -0.15) is 0 Å². The Balaban J connectivity index is 3.14. The molecule has 0 radical (unpaired) electrons. The van der Waals surface area contributed by atoms with Crippen LogP contribution in [0.5, 0.6) is 0 Å². The number of rotatable bonds is 1. The Kier molecular flexibility index (Phi) is 4.04. The maximum atomic E-state index is 5.14. The summed E-state index contributed by atoms with van der Waals surface area (Å²) in [5.41, 5.74) is 1.37. The van der Waals surface area contributed by atoms with Gasteiger partial charge in [0.05, 0.1) is 4.99 Å². The van der Waals surface area contributed by atoms with Crippen molar-refractivity contribution in [2.24, 2.45) is 0 Å². The molecule has 0 spiro atoms. The van der Waals surface area contributed by atoms with E-state index in [-0.39, 0.29) is 0 Å². The summed E-state index contributed by atoms with van der Waals surface area (Å²) in [6.45, 7) is 1.78. The molecule has 0 saturated carbocycles. The molecule has 0 aromatic heterocycles. The summed E-state index contributed by atoms with van der Waals surface area (Å²) < 4.78 is 0. The Morgan fingerprint density at radius 1 is 1.86 bits per heavy atom. The second kappa shape index (κ2) is 4.09. The smallest absolute Gasteiger partial charge is 0.0761 e. The van der Waals surface area contributed by atoms with Gasteiger partial charge >= 0.3 is 0 Å². The van der Waals surface area contributed by atoms with Crippen LogP contribution in [0, 0.1) is 0 Å². The lowest BCUT2D eigenvalue weighted by Crippen LogP contribution is -2.08. The van der Waals surface area contributed by atoms with E-state index in [1.807, 2.05) is 0 Å². The van der Waals surface area contributed by atoms with E-state index in [4.69, 9.17) is 11.6 Å². The maximum Gasteiger partial charge on any atom is 0.0761 e. The van der Waals surface area contributed by atoms with Gasteiger partial charge < -0.3 is 5.32 Å². The summed E-state index contributed by atoms with van der Waals surface area (Å²) in [6.07, 6.45) is 1.57. The van der Waals surface area contributed by atoms with Crippen molar-refractivity contribution in [1.29, 1.82) is 0 Å². The van der Waals surface area contributed by atoms with Gasteiger partial charge in [-0.25, -0.2) is 0 Å². The molecule has 0 unspecified atom stereocenters. The highest BCUT2D eigenvalue weighted by molar-refractivity contribution is 7.80. The van der Waals surface area contributed by atoms with Crippen molar-refractivity contribution in [3.63, 3.8) is 0 Å². The van der Waals surface area contributed by atoms with Crippen molar-refractivity contribution in [2.45, 2.75) is 6.92 Å². The number of hydrogen-bond donors (Lipinski definition) is 1. The first-order valence-corrected chi connectivity index (χ1v) is 2.64. The molecule has 1 nitrogen and oxygen atoms in total. The minimum Gasteiger partial charge on any atom is -0.356 e. The Bertz CT molecular complexity index is 89.7. The van der Waals surface area contributed by atoms with Gasteiger partial charge in [0.2, 0.25) is 0 Å². The van der Waals surface area contributed by atoms with Gasteiger partial charge in [-0.15, -0.1) is 0 Å². The van der Waals surface area contributed by atoms with Crippen LogP contribution in [0.2, 0.25) is 0 Å². The van der Waals surface area contributed by atoms with Crippen LogP contribution in [-0.2, 0) is 0 Å². The molecular formula is C4H6ClNS. The number of nitrogens with one attached hydrogen (secondary N) is 1. The molecule has 1 N–H and O–H groups in total. The third kappa shape index (κ3) is 5.92. The zero-order valence-electron chi connectivity index (χ0n) is 3.94. The summed E-state index contributed by atoms with van der Waals surface area (Å²) in [7, 11) is 0. The van der Waals surface area contributed by atoms with Crippen LogP contribution in [0.1, 0.15) is 6.92 Å². The average molecular weight is 136 g/mol. The van der Waals surface area contributed by atoms with Gasteiger partial charge in [0, 0.05) is 11.7 Å². The third-order valence-corrected chi connectivity index (χ3v) is 0.593. The van der Waals surface area contributed by atoms with E-state index < -0.39 is 0 Å². The summed E-state index contributed by atoms with van der Waals surface area (Å²) >= 11 is 9.78. The van der Waals surface area contributed by atoms with Crippen LogP contribution < -0.4 is 5.32 Å². The highest BCUT2D eigenvalue weighted by atomic mass is 35.5. The van der Waals surface area contributed by atoms with Crippen LogP contribution in [0.4, 0.5) is 0 Å². The van der Waals surface area contributed by atoms with Crippen molar-refractivity contribution in [1.82, 2.24) is 5.32 Å². The Hall–Kier alpha value is -0.0800. The SMILES string of the molecule is CC(=S)NC=CCl. The fourth-order valence-corrected chi connectivity index (χ4v) is 0.280. The molecule has 0 amide bonds. The molecular weight excluding hydrogens is 130 g/mol. The van der Waals surface area contributed by atoms with Crippen molar-refractivity contribution in [3.05, 3.63) is 11.7 Å². The van der Waals surface area contributed by atoms with Gasteiger partial charge in [-0.1, -0.05) is 23.8 Å². The van der Waals surface area contributed by atoms with Crippen molar-refractivity contribution in [2.75, 3.05) is 0 Å². The second-order valence-electron chi connectivity index (χ2n) is 0.993. The highest BCUT2D eigenvalue weighted by Gasteiger charge is 1.72. The minimum absolute atomic E-state index is 0.719. The first-order valence-electron chi connectivity index (χ1n) is 1.79. The maximum absolute atomic E-state index is 5.14. The van der Waals surface area contributed by atoms with E-state index in [1.165, 1.54) is 5.54 Å². The standard InChI is InChI=1S/C4H6ClNS/c1-4(7)6-3-2-5/h2-3H,1H3,(H,6,7). The molecule has 0 saturated heterocycles. The van der Waals surface area contributed by atoms with E-state index in [1.54, 1.807) is 13.1 Å². The van der Waals surface area contributed by atoms with Crippen molar-refractivity contribution in [3.8, 4) is 0 Å². The molecule has 7 heavy (non-hydrogen) atoms. The molecule has 0 aliphatic heterocycles. The van der Waals surface area contributed by atoms with E-state index in [0.29, 0.717) is 0 Å². The molecule has 0 aliphatic rings. The van der Waals surface area contributed by atoms with E-state index in [9.17, 15) is 0 Å². The summed E-state index contributed by atoms with van der Waals surface area (Å²) in [4.78, 5) is 0.719. The molecule has 0 rings (SSSR count). The van der Waals surface area contributed by atoms with Gasteiger partial charge in [0.25, 0.3) is 0 Å². The number of thiocarbonyl (C=S) groups is 1. The molecule has 0 aliphatic carbocycles. The highest BCUT2D eigenvalue weighted by Crippen LogP contribution is 1.73. The van der Waals surface area contributed by atoms with Gasteiger partial charge in [0.15, 0.2) is 0 Å². The summed E-state index contributed by atoms with van der Waals surface area (Å²) in [6, 6.07) is 0. The Morgan fingerprint density at radius 2 is 2.43 bits per heavy atom. The van der Waals surface area contributed by atoms with E-state index >= 15 is 0 Å². The van der Waals surface area contributed by atoms with Crippen LogP contribution >= 0.6 is 23.8 Å². The molecule has 3 heteroatoms. The topological polar surface area (TPSA) is 12.0 Å². The first-order chi connectivity index (χ1) is 3.27. The lowest BCUT2D eigenvalue weighted by atomic mass is 10.7. The first kappa shape index (κ1) is 6.92. The van der Waals surface area contributed by atoms with Crippen LogP contribution in [0.3, 0.4) is 0 Å². The van der Waals surface area contributed by atoms with Gasteiger partial charge in [0.1, 0.15) is 0 Å². The van der Waals surface area contributed by atoms with E-state index in [2.05, 4.69) is 17.5 Å². The molecule has 0 heterocycles. The molecule has 0 aromatic rings. The number of hydrogen-bond acceptors (Lipinski definition) is 1. The quantitative estimate of drug-likeness (QED) is 0.549. The molecule has 0 atom stereocenters. The zero-order chi connectivity index (χ0) is 5.70. The largest absolute Gasteiger partial charge is 0.356 e. The summed E-state index contributed by atoms with van der Waals surface area (Å²) in [5.74, 6) is 0. The van der Waals surface area contributed by atoms with Gasteiger partial charge in [-0.05, 0) is 6.92 Å². The summed E-state index contributed by atoms with van der Waals surface area (Å²) in [5, 5.41) is 2.71. The van der Waals surface area contributed by atoms with Crippen molar-refractivity contribution < 1.29 is 0 Å². The lowest BCUT2D eigenvalue weighted by Gasteiger charge is -1.88. The molecule has 0 bridgehead atoms. The molecule has 40 valence electrons. The predicted molar refractivity (Wildman–Crippen MR) is 36.4 cm³/mol. The van der Waals surface area contributed by atoms with Crippen LogP contribution in [0.25, 0.3) is 0 Å². The zero-order valence-corrected chi connectivity index (χ0v) is 5.51.